The number of carbonyl (C=O) groups excluding carboxylic acids is 3. The van der Waals surface area contributed by atoms with Crippen LogP contribution in [0.5, 0.6) is 0 Å². The highest BCUT2D eigenvalue weighted by atomic mass is 32.2. The number of hydrogen-bond acceptors (Lipinski definition) is 7. The van der Waals surface area contributed by atoms with Crippen molar-refractivity contribution < 1.29 is 19.5 Å². The molecule has 0 aliphatic carbocycles. The number of amides is 3. The van der Waals surface area contributed by atoms with Crippen molar-refractivity contribution in [2.75, 3.05) is 26.2 Å². The average molecular weight is 581 g/mol. The molecule has 3 aliphatic rings. The van der Waals surface area contributed by atoms with Crippen LogP contribution >= 0.6 is 11.8 Å². The van der Waals surface area contributed by atoms with E-state index in [4.69, 9.17) is 0 Å². The molecule has 3 amide bonds. The lowest BCUT2D eigenvalue weighted by Crippen LogP contribution is -2.57. The van der Waals surface area contributed by atoms with Gasteiger partial charge in [-0.2, -0.15) is 0 Å². The van der Waals surface area contributed by atoms with Crippen LogP contribution in [0.25, 0.3) is 11.0 Å². The van der Waals surface area contributed by atoms with Crippen molar-refractivity contribution >= 4 is 40.5 Å². The predicted octanol–water partition coefficient (Wildman–Crippen LogP) is 2.69. The molecular weight excluding hydrogens is 540 g/mol. The van der Waals surface area contributed by atoms with E-state index in [0.717, 1.165) is 23.9 Å². The Bertz CT molecular complexity index is 1360. The lowest BCUT2D eigenvalue weighted by Gasteiger charge is -2.39. The molecule has 1 spiro atoms. The molecule has 3 saturated heterocycles. The summed E-state index contributed by atoms with van der Waals surface area (Å²) < 4.78 is 0.429. The highest BCUT2D eigenvalue weighted by Crippen LogP contribution is 2.71. The third kappa shape index (κ3) is 4.57. The van der Waals surface area contributed by atoms with Gasteiger partial charge in [-0.25, -0.2) is 4.68 Å². The Hall–Kier alpha value is -3.18. The first-order valence-corrected chi connectivity index (χ1v) is 15.2. The van der Waals surface area contributed by atoms with Crippen LogP contribution in [-0.4, -0.2) is 100 Å². The number of rotatable bonds is 12. The number of nitrogens with zero attached hydrogens (tertiary/aromatic N) is 6. The van der Waals surface area contributed by atoms with Gasteiger partial charge in [-0.05, 0) is 45.2 Å². The second kappa shape index (κ2) is 11.2. The van der Waals surface area contributed by atoms with Crippen LogP contribution in [0.2, 0.25) is 0 Å². The van der Waals surface area contributed by atoms with E-state index in [1.165, 1.54) is 0 Å². The largest absolute Gasteiger partial charge is 0.394 e. The molecule has 1 aromatic carbocycles. The van der Waals surface area contributed by atoms with Crippen LogP contribution in [0, 0.1) is 11.8 Å². The second-order valence-electron chi connectivity index (χ2n) is 11.6. The summed E-state index contributed by atoms with van der Waals surface area (Å²) in [5, 5.41) is 18.7. The van der Waals surface area contributed by atoms with Gasteiger partial charge in [0.2, 0.25) is 17.7 Å². The van der Waals surface area contributed by atoms with Crippen LogP contribution in [0.3, 0.4) is 0 Å². The number of carbonyl (C=O) groups is 3. The van der Waals surface area contributed by atoms with E-state index >= 15 is 0 Å². The molecule has 2 bridgehead atoms. The highest BCUT2D eigenvalue weighted by molar-refractivity contribution is 8.02. The van der Waals surface area contributed by atoms with Crippen LogP contribution in [0.1, 0.15) is 40.0 Å². The molecule has 10 nitrogen and oxygen atoms in total. The Morgan fingerprint density at radius 2 is 1.90 bits per heavy atom. The summed E-state index contributed by atoms with van der Waals surface area (Å²) in [7, 11) is 0. The molecular formula is C30H40N6O4S. The second-order valence-corrected chi connectivity index (χ2v) is 13.5. The Kier molecular flexibility index (Phi) is 8.04. The molecule has 0 radical (unpaired) electrons. The quantitative estimate of drug-likeness (QED) is 0.384. The standard InChI is InChI=1S/C30H40N6O4S/c1-6-15-33(16-7-2)26(38)23-24-27(39)36(20(4)18-37)25(30(24)14-13-29(23,5)41-30)28(40)34(17-8-3)19-35-22-12-10-9-11-21(22)31-32-35/h6,8-12,20,23-25,37H,1,3,7,13-19H2,2,4-5H3/t20-,23+,24+,25?,29-,30?/m1/s1. The van der Waals surface area contributed by atoms with E-state index < -0.39 is 33.4 Å². The van der Waals surface area contributed by atoms with Crippen LogP contribution in [0.4, 0.5) is 0 Å². The summed E-state index contributed by atoms with van der Waals surface area (Å²) >= 11 is 1.63. The highest BCUT2D eigenvalue weighted by Gasteiger charge is 2.77. The van der Waals surface area contributed by atoms with E-state index in [2.05, 4.69) is 30.4 Å². The number of aliphatic hydroxyl groups excluding tert-OH is 1. The third-order valence-corrected chi connectivity index (χ3v) is 11.0. The molecule has 0 saturated carbocycles. The van der Waals surface area contributed by atoms with Crippen LogP contribution in [-0.2, 0) is 21.1 Å². The fraction of sp³-hybridized carbons (Fsp3) is 0.567. The predicted molar refractivity (Wildman–Crippen MR) is 159 cm³/mol. The minimum absolute atomic E-state index is 0.0524. The summed E-state index contributed by atoms with van der Waals surface area (Å²) in [6, 6.07) is 6.12. The zero-order valence-electron chi connectivity index (χ0n) is 24.1. The SMILES string of the molecule is C=CCN(Cn1nnc2ccccc21)C(=O)C1N([C@H](C)CO)C(=O)[C@@H]2[C@@H](C(=O)N(CC=C)CCC)[C@@]3(C)CCC12S3. The Morgan fingerprint density at radius 3 is 2.59 bits per heavy atom. The summed E-state index contributed by atoms with van der Waals surface area (Å²) in [4.78, 5) is 48.1. The monoisotopic (exact) mass is 580 g/mol. The maximum Gasteiger partial charge on any atom is 0.248 e. The van der Waals surface area contributed by atoms with Gasteiger partial charge in [0.1, 0.15) is 18.2 Å². The first-order chi connectivity index (χ1) is 19.7. The fourth-order valence-corrected chi connectivity index (χ4v) is 9.56. The lowest BCUT2D eigenvalue weighted by molar-refractivity contribution is -0.147. The minimum Gasteiger partial charge on any atom is -0.394 e. The van der Waals surface area contributed by atoms with Gasteiger partial charge in [-0.3, -0.25) is 14.4 Å². The molecule has 2 unspecified atom stereocenters. The van der Waals surface area contributed by atoms with Crippen LogP contribution in [0.15, 0.2) is 49.6 Å². The van der Waals surface area contributed by atoms with Gasteiger partial charge in [0.05, 0.1) is 34.7 Å². The fourth-order valence-electron chi connectivity index (χ4n) is 7.22. The summed E-state index contributed by atoms with van der Waals surface area (Å²) in [6.45, 7) is 14.6. The van der Waals surface area contributed by atoms with Crippen molar-refractivity contribution in [1.82, 2.24) is 29.7 Å². The molecule has 4 heterocycles. The van der Waals surface area contributed by atoms with Gasteiger partial charge in [-0.15, -0.1) is 30.0 Å². The molecule has 3 fully saturated rings. The molecule has 11 heteroatoms. The number of benzene rings is 1. The lowest BCUT2D eigenvalue weighted by atomic mass is 9.66. The Labute approximate surface area is 245 Å². The molecule has 3 aliphatic heterocycles. The van der Waals surface area contributed by atoms with Crippen molar-refractivity contribution in [3.05, 3.63) is 49.6 Å². The number of aliphatic hydroxyl groups is 1. The van der Waals surface area contributed by atoms with Gasteiger partial charge in [-0.1, -0.05) is 36.4 Å². The topological polar surface area (TPSA) is 112 Å². The first-order valence-electron chi connectivity index (χ1n) is 14.4. The van der Waals surface area contributed by atoms with Gasteiger partial charge in [0.25, 0.3) is 0 Å². The number of thioether (sulfide) groups is 1. The molecule has 1 N–H and O–H groups in total. The number of fused-ring (bicyclic) bond motifs is 2. The third-order valence-electron chi connectivity index (χ3n) is 8.99. The summed E-state index contributed by atoms with van der Waals surface area (Å²) in [5.74, 6) is -1.72. The number of aromatic nitrogens is 3. The smallest absolute Gasteiger partial charge is 0.248 e. The Balaban J connectivity index is 1.55. The van der Waals surface area contributed by atoms with Crippen molar-refractivity contribution in [2.24, 2.45) is 11.8 Å². The van der Waals surface area contributed by atoms with E-state index in [1.807, 2.05) is 31.2 Å². The maximum atomic E-state index is 14.6. The minimum atomic E-state index is -0.833. The molecule has 1 aromatic heterocycles. The van der Waals surface area contributed by atoms with Crippen molar-refractivity contribution in [2.45, 2.75) is 68.3 Å². The number of likely N-dealkylation sites (tertiary alicyclic amines) is 1. The zero-order chi connectivity index (χ0) is 29.5. The number of para-hydroxylation sites is 1. The van der Waals surface area contributed by atoms with Crippen molar-refractivity contribution in [3.8, 4) is 0 Å². The van der Waals surface area contributed by atoms with Crippen molar-refractivity contribution in [3.63, 3.8) is 0 Å². The van der Waals surface area contributed by atoms with E-state index in [1.54, 1.807) is 50.2 Å². The van der Waals surface area contributed by atoms with E-state index in [0.29, 0.717) is 19.5 Å². The van der Waals surface area contributed by atoms with E-state index in [-0.39, 0.29) is 37.5 Å². The van der Waals surface area contributed by atoms with Gasteiger partial charge in [0, 0.05) is 24.4 Å². The molecule has 5 rings (SSSR count). The molecule has 41 heavy (non-hydrogen) atoms. The summed E-state index contributed by atoms with van der Waals surface area (Å²) in [5.41, 5.74) is 1.51. The first kappa shape index (κ1) is 29.3. The average Bonchev–Trinajstić information content (AvgIpc) is 3.67. The Morgan fingerprint density at radius 1 is 1.20 bits per heavy atom. The van der Waals surface area contributed by atoms with Gasteiger partial charge >= 0.3 is 0 Å². The molecule has 220 valence electrons. The normalized spacial score (nSPS) is 29.0. The van der Waals surface area contributed by atoms with Gasteiger partial charge in [0.15, 0.2) is 0 Å². The maximum absolute atomic E-state index is 14.6. The van der Waals surface area contributed by atoms with Crippen LogP contribution < -0.4 is 0 Å². The molecule has 2 aromatic rings. The van der Waals surface area contributed by atoms with Crippen molar-refractivity contribution in [1.29, 1.82) is 0 Å². The van der Waals surface area contributed by atoms with Gasteiger partial charge < -0.3 is 19.8 Å². The summed E-state index contributed by atoms with van der Waals surface area (Å²) in [6.07, 6.45) is 5.54. The number of hydrogen-bond donors (Lipinski definition) is 1. The zero-order valence-corrected chi connectivity index (χ0v) is 24.9. The van der Waals surface area contributed by atoms with E-state index in [9.17, 15) is 19.5 Å². The molecule has 6 atom stereocenters.